The summed E-state index contributed by atoms with van der Waals surface area (Å²) in [4.78, 5) is 11.1. The van der Waals surface area contributed by atoms with Crippen molar-refractivity contribution in [2.75, 3.05) is 12.8 Å². The fourth-order valence-electron chi connectivity index (χ4n) is 1.73. The number of ether oxygens (including phenoxy) is 1. The summed E-state index contributed by atoms with van der Waals surface area (Å²) in [6.45, 7) is 4.06. The average Bonchev–Trinajstić information content (AvgIpc) is 2.23. The zero-order chi connectivity index (χ0) is 12.1. The molecule has 0 bridgehead atoms. The Balaban J connectivity index is 2.65. The molecular formula is C13H19NO2. The predicted molar refractivity (Wildman–Crippen MR) is 65.1 cm³/mol. The molecule has 16 heavy (non-hydrogen) atoms. The standard InChI is InChI=1S/C13H19NO2/c1-9-4-5-12(14)11(6-9)7-10(2)8-13(15)16-3/h4-6,10H,7-8,14H2,1-3H3. The van der Waals surface area contributed by atoms with Crippen LogP contribution in [-0.4, -0.2) is 13.1 Å². The van der Waals surface area contributed by atoms with Gasteiger partial charge < -0.3 is 10.5 Å². The Kier molecular flexibility index (Phi) is 4.35. The lowest BCUT2D eigenvalue weighted by atomic mass is 9.96. The molecule has 0 spiro atoms. The van der Waals surface area contributed by atoms with E-state index in [4.69, 9.17) is 5.73 Å². The largest absolute Gasteiger partial charge is 0.469 e. The van der Waals surface area contributed by atoms with Gasteiger partial charge in [-0.2, -0.15) is 0 Å². The number of aryl methyl sites for hydroxylation is 1. The first kappa shape index (κ1) is 12.6. The van der Waals surface area contributed by atoms with Gasteiger partial charge in [-0.15, -0.1) is 0 Å². The van der Waals surface area contributed by atoms with Crippen molar-refractivity contribution in [2.24, 2.45) is 5.92 Å². The summed E-state index contributed by atoms with van der Waals surface area (Å²) in [5, 5.41) is 0. The molecule has 1 aromatic rings. The molecule has 0 aromatic heterocycles. The molecule has 88 valence electrons. The van der Waals surface area contributed by atoms with Crippen LogP contribution in [0.3, 0.4) is 0 Å². The minimum Gasteiger partial charge on any atom is -0.469 e. The van der Waals surface area contributed by atoms with Crippen LogP contribution in [0.5, 0.6) is 0 Å². The smallest absolute Gasteiger partial charge is 0.305 e. The third kappa shape index (κ3) is 3.57. The van der Waals surface area contributed by atoms with Crippen LogP contribution in [0.25, 0.3) is 0 Å². The van der Waals surface area contributed by atoms with Crippen molar-refractivity contribution >= 4 is 11.7 Å². The highest BCUT2D eigenvalue weighted by atomic mass is 16.5. The molecule has 2 N–H and O–H groups in total. The number of nitrogen functional groups attached to an aromatic ring is 1. The first-order valence-electron chi connectivity index (χ1n) is 5.44. The van der Waals surface area contributed by atoms with E-state index in [0.29, 0.717) is 6.42 Å². The Labute approximate surface area is 96.6 Å². The number of rotatable bonds is 4. The zero-order valence-corrected chi connectivity index (χ0v) is 10.1. The minimum absolute atomic E-state index is 0.168. The Morgan fingerprint density at radius 3 is 2.81 bits per heavy atom. The van der Waals surface area contributed by atoms with Crippen molar-refractivity contribution in [3.63, 3.8) is 0 Å². The van der Waals surface area contributed by atoms with Crippen molar-refractivity contribution in [1.29, 1.82) is 0 Å². The summed E-state index contributed by atoms with van der Waals surface area (Å²) in [5.74, 6) is 0.0790. The highest BCUT2D eigenvalue weighted by Crippen LogP contribution is 2.19. The van der Waals surface area contributed by atoms with Crippen LogP contribution in [0.1, 0.15) is 24.5 Å². The number of nitrogens with two attached hydrogens (primary N) is 1. The molecule has 0 radical (unpaired) electrons. The number of benzene rings is 1. The second kappa shape index (κ2) is 5.54. The van der Waals surface area contributed by atoms with E-state index < -0.39 is 0 Å². The summed E-state index contributed by atoms with van der Waals surface area (Å²) in [6, 6.07) is 5.97. The molecule has 0 fully saturated rings. The normalized spacial score (nSPS) is 12.2. The molecule has 1 aromatic carbocycles. The van der Waals surface area contributed by atoms with E-state index in [2.05, 4.69) is 10.8 Å². The molecule has 3 nitrogen and oxygen atoms in total. The van der Waals surface area contributed by atoms with Crippen molar-refractivity contribution < 1.29 is 9.53 Å². The molecule has 0 amide bonds. The highest BCUT2D eigenvalue weighted by Gasteiger charge is 2.11. The maximum Gasteiger partial charge on any atom is 0.305 e. The molecule has 1 unspecified atom stereocenters. The van der Waals surface area contributed by atoms with Crippen LogP contribution in [0.15, 0.2) is 18.2 Å². The van der Waals surface area contributed by atoms with Gasteiger partial charge >= 0.3 is 5.97 Å². The van der Waals surface area contributed by atoms with E-state index in [-0.39, 0.29) is 11.9 Å². The fourth-order valence-corrected chi connectivity index (χ4v) is 1.73. The van der Waals surface area contributed by atoms with E-state index in [1.807, 2.05) is 26.0 Å². The molecule has 0 aliphatic carbocycles. The molecule has 0 aliphatic rings. The highest BCUT2D eigenvalue weighted by molar-refractivity contribution is 5.69. The maximum absolute atomic E-state index is 11.1. The van der Waals surface area contributed by atoms with Gasteiger partial charge in [0, 0.05) is 12.1 Å². The van der Waals surface area contributed by atoms with Gasteiger partial charge in [0.15, 0.2) is 0 Å². The van der Waals surface area contributed by atoms with Crippen LogP contribution in [-0.2, 0) is 16.0 Å². The van der Waals surface area contributed by atoms with E-state index in [1.165, 1.54) is 12.7 Å². The Morgan fingerprint density at radius 1 is 1.50 bits per heavy atom. The number of methoxy groups -OCH3 is 1. The second-order valence-corrected chi connectivity index (χ2v) is 4.29. The van der Waals surface area contributed by atoms with Crippen LogP contribution in [0.2, 0.25) is 0 Å². The average molecular weight is 221 g/mol. The lowest BCUT2D eigenvalue weighted by Gasteiger charge is -2.12. The Hall–Kier alpha value is -1.51. The minimum atomic E-state index is -0.168. The summed E-state index contributed by atoms with van der Waals surface area (Å²) in [7, 11) is 1.41. The van der Waals surface area contributed by atoms with Crippen molar-refractivity contribution in [3.05, 3.63) is 29.3 Å². The van der Waals surface area contributed by atoms with Crippen LogP contribution in [0, 0.1) is 12.8 Å². The van der Waals surface area contributed by atoms with Crippen LogP contribution < -0.4 is 5.73 Å². The third-order valence-electron chi connectivity index (χ3n) is 2.61. The molecule has 3 heteroatoms. The van der Waals surface area contributed by atoms with Crippen LogP contribution in [0.4, 0.5) is 5.69 Å². The van der Waals surface area contributed by atoms with Gasteiger partial charge in [-0.1, -0.05) is 24.6 Å². The summed E-state index contributed by atoms with van der Waals surface area (Å²) in [6.07, 6.45) is 1.24. The lowest BCUT2D eigenvalue weighted by Crippen LogP contribution is -2.10. The number of carbonyl (C=O) groups excluding carboxylic acids is 1. The van der Waals surface area contributed by atoms with Crippen molar-refractivity contribution in [2.45, 2.75) is 26.7 Å². The van der Waals surface area contributed by atoms with Gasteiger partial charge in [-0.25, -0.2) is 0 Å². The van der Waals surface area contributed by atoms with Crippen molar-refractivity contribution in [3.8, 4) is 0 Å². The summed E-state index contributed by atoms with van der Waals surface area (Å²) < 4.78 is 4.64. The van der Waals surface area contributed by atoms with E-state index in [1.54, 1.807) is 0 Å². The SMILES string of the molecule is COC(=O)CC(C)Cc1cc(C)ccc1N. The maximum atomic E-state index is 11.1. The van der Waals surface area contributed by atoms with Gasteiger partial charge in [0.2, 0.25) is 0 Å². The molecule has 0 saturated heterocycles. The first-order chi connectivity index (χ1) is 7.52. The first-order valence-corrected chi connectivity index (χ1v) is 5.44. The number of esters is 1. The lowest BCUT2D eigenvalue weighted by molar-refractivity contribution is -0.141. The molecule has 0 heterocycles. The van der Waals surface area contributed by atoms with Gasteiger partial charge in [-0.3, -0.25) is 4.79 Å². The number of hydrogen-bond acceptors (Lipinski definition) is 3. The number of hydrogen-bond donors (Lipinski definition) is 1. The topological polar surface area (TPSA) is 52.3 Å². The third-order valence-corrected chi connectivity index (χ3v) is 2.61. The Bertz CT molecular complexity index is 374. The van der Waals surface area contributed by atoms with Gasteiger partial charge in [0.25, 0.3) is 0 Å². The number of anilines is 1. The molecule has 0 saturated carbocycles. The van der Waals surface area contributed by atoms with Gasteiger partial charge in [0.1, 0.15) is 0 Å². The number of carbonyl (C=O) groups is 1. The quantitative estimate of drug-likeness (QED) is 0.627. The molecular weight excluding hydrogens is 202 g/mol. The molecule has 1 atom stereocenters. The van der Waals surface area contributed by atoms with E-state index in [0.717, 1.165) is 17.7 Å². The zero-order valence-electron chi connectivity index (χ0n) is 10.1. The van der Waals surface area contributed by atoms with Gasteiger partial charge in [0.05, 0.1) is 7.11 Å². The fraction of sp³-hybridized carbons (Fsp3) is 0.462. The predicted octanol–water partition coefficient (Wildman–Crippen LogP) is 2.32. The van der Waals surface area contributed by atoms with Crippen LogP contribution >= 0.6 is 0 Å². The van der Waals surface area contributed by atoms with E-state index in [9.17, 15) is 4.79 Å². The molecule has 1 rings (SSSR count). The summed E-state index contributed by atoms with van der Waals surface area (Å²) in [5.41, 5.74) is 8.98. The van der Waals surface area contributed by atoms with Crippen molar-refractivity contribution in [1.82, 2.24) is 0 Å². The summed E-state index contributed by atoms with van der Waals surface area (Å²) >= 11 is 0. The second-order valence-electron chi connectivity index (χ2n) is 4.29. The molecule has 0 aliphatic heterocycles. The Morgan fingerprint density at radius 2 is 2.19 bits per heavy atom. The van der Waals surface area contributed by atoms with E-state index >= 15 is 0 Å². The van der Waals surface area contributed by atoms with Gasteiger partial charge in [-0.05, 0) is 30.9 Å². The monoisotopic (exact) mass is 221 g/mol.